The predicted octanol–water partition coefficient (Wildman–Crippen LogP) is 7.34. The largest absolute Gasteiger partial charge is 0.488 e. The first kappa shape index (κ1) is 23.4. The van der Waals surface area contributed by atoms with Crippen molar-refractivity contribution in [2.24, 2.45) is 4.99 Å². The van der Waals surface area contributed by atoms with Gasteiger partial charge in [0.05, 0.1) is 4.91 Å². The second-order valence-electron chi connectivity index (χ2n) is 8.74. The Bertz CT molecular complexity index is 1250. The summed E-state index contributed by atoms with van der Waals surface area (Å²) in [4.78, 5) is 20.6. The second kappa shape index (κ2) is 10.9. The molecule has 0 N–H and O–H groups in total. The third-order valence-electron chi connectivity index (χ3n) is 6.29. The van der Waals surface area contributed by atoms with Crippen LogP contribution in [-0.4, -0.2) is 22.0 Å². The number of amides is 1. The Kier molecular flexibility index (Phi) is 7.28. The van der Waals surface area contributed by atoms with Crippen molar-refractivity contribution in [2.45, 2.75) is 44.8 Å². The fourth-order valence-electron chi connectivity index (χ4n) is 4.48. The van der Waals surface area contributed by atoms with Gasteiger partial charge in [-0.2, -0.15) is 0 Å². The van der Waals surface area contributed by atoms with E-state index in [9.17, 15) is 9.18 Å². The van der Waals surface area contributed by atoms with Gasteiger partial charge in [0.15, 0.2) is 5.17 Å². The maximum Gasteiger partial charge on any atom is 0.267 e. The maximum absolute atomic E-state index is 14.4. The van der Waals surface area contributed by atoms with Crippen LogP contribution in [0.4, 0.5) is 10.1 Å². The monoisotopic (exact) mass is 486 g/mol. The first-order chi connectivity index (χ1) is 17.2. The molecule has 1 aliphatic heterocycles. The molecule has 3 aromatic carbocycles. The van der Waals surface area contributed by atoms with Gasteiger partial charge in [0.2, 0.25) is 0 Å². The lowest BCUT2D eigenvalue weighted by molar-refractivity contribution is -0.124. The molecule has 6 heteroatoms. The van der Waals surface area contributed by atoms with E-state index in [2.05, 4.69) is 4.99 Å². The molecule has 1 saturated heterocycles. The minimum absolute atomic E-state index is 0.0742. The van der Waals surface area contributed by atoms with Crippen LogP contribution in [0, 0.1) is 5.82 Å². The molecular weight excluding hydrogens is 459 g/mol. The van der Waals surface area contributed by atoms with Crippen molar-refractivity contribution in [1.82, 2.24) is 4.90 Å². The van der Waals surface area contributed by atoms with Crippen molar-refractivity contribution in [3.05, 3.63) is 101 Å². The summed E-state index contributed by atoms with van der Waals surface area (Å²) >= 11 is 1.31. The van der Waals surface area contributed by atoms with Gasteiger partial charge in [-0.1, -0.05) is 79.9 Å². The van der Waals surface area contributed by atoms with E-state index in [1.54, 1.807) is 23.1 Å². The average molecular weight is 487 g/mol. The highest BCUT2D eigenvalue weighted by Crippen LogP contribution is 2.39. The van der Waals surface area contributed by atoms with Crippen LogP contribution in [0.1, 0.15) is 43.2 Å². The Labute approximate surface area is 209 Å². The number of carbonyl (C=O) groups excluding carboxylic acids is 1. The van der Waals surface area contributed by atoms with Gasteiger partial charge in [-0.15, -0.1) is 0 Å². The molecular formula is C29H27FN2O2S. The topological polar surface area (TPSA) is 41.9 Å². The van der Waals surface area contributed by atoms with Crippen molar-refractivity contribution in [3.63, 3.8) is 0 Å². The van der Waals surface area contributed by atoms with Crippen LogP contribution in [0.15, 0.2) is 88.8 Å². The Morgan fingerprint density at radius 3 is 2.46 bits per heavy atom. The van der Waals surface area contributed by atoms with E-state index in [1.165, 1.54) is 24.2 Å². The third-order valence-corrected chi connectivity index (χ3v) is 7.27. The van der Waals surface area contributed by atoms with Crippen LogP contribution < -0.4 is 4.74 Å². The molecule has 0 spiro atoms. The molecule has 1 amide bonds. The summed E-state index contributed by atoms with van der Waals surface area (Å²) in [5.41, 5.74) is 2.15. The highest BCUT2D eigenvalue weighted by atomic mass is 32.2. The van der Waals surface area contributed by atoms with Gasteiger partial charge in [0.1, 0.15) is 23.9 Å². The van der Waals surface area contributed by atoms with Crippen LogP contribution in [-0.2, 0) is 11.4 Å². The molecule has 0 bridgehead atoms. The van der Waals surface area contributed by atoms with Gasteiger partial charge in [0.25, 0.3) is 5.91 Å². The zero-order valence-corrected chi connectivity index (χ0v) is 20.2. The number of hydrogen-bond acceptors (Lipinski definition) is 4. The minimum Gasteiger partial charge on any atom is -0.488 e. The normalized spacial score (nSPS) is 19.0. The number of thioether (sulfide) groups is 1. The number of halogens is 1. The predicted molar refractivity (Wildman–Crippen MR) is 140 cm³/mol. The molecule has 1 heterocycles. The standard InChI is InChI=1S/C29H27FN2O2S/c30-24-16-8-9-17-25(24)31-29-32(23-14-5-2-6-15-23)28(33)27(35-29)19-22-13-7-10-18-26(22)34-20-21-11-3-1-4-12-21/h1,3-4,7-13,16-19,23H,2,5-6,14-15,20H2/b27-19-,31-29?. The smallest absolute Gasteiger partial charge is 0.267 e. The lowest BCUT2D eigenvalue weighted by Gasteiger charge is -2.30. The number of aliphatic imine (C=N–C) groups is 1. The van der Waals surface area contributed by atoms with Crippen LogP contribution in [0.25, 0.3) is 6.08 Å². The molecule has 0 atom stereocenters. The average Bonchev–Trinajstić information content (AvgIpc) is 3.20. The molecule has 178 valence electrons. The number of rotatable bonds is 6. The van der Waals surface area contributed by atoms with Gasteiger partial charge in [-0.05, 0) is 54.4 Å². The molecule has 2 aliphatic rings. The van der Waals surface area contributed by atoms with Gasteiger partial charge < -0.3 is 4.74 Å². The van der Waals surface area contributed by atoms with Crippen molar-refractivity contribution in [1.29, 1.82) is 0 Å². The van der Waals surface area contributed by atoms with Crippen LogP contribution in [0.5, 0.6) is 5.75 Å². The summed E-state index contributed by atoms with van der Waals surface area (Å²) in [5, 5.41) is 0.543. The van der Waals surface area contributed by atoms with E-state index < -0.39 is 5.82 Å². The Morgan fingerprint density at radius 1 is 0.943 bits per heavy atom. The van der Waals surface area contributed by atoms with Crippen molar-refractivity contribution >= 4 is 34.6 Å². The van der Waals surface area contributed by atoms with Crippen molar-refractivity contribution in [3.8, 4) is 5.75 Å². The summed E-state index contributed by atoms with van der Waals surface area (Å²) in [6.07, 6.45) is 7.09. The second-order valence-corrected chi connectivity index (χ2v) is 9.74. The number of carbonyl (C=O) groups is 1. The highest BCUT2D eigenvalue weighted by Gasteiger charge is 2.39. The van der Waals surface area contributed by atoms with Crippen LogP contribution in [0.2, 0.25) is 0 Å². The Hall–Kier alpha value is -3.38. The molecule has 1 aliphatic carbocycles. The summed E-state index contributed by atoms with van der Waals surface area (Å²) in [7, 11) is 0. The molecule has 0 aromatic heterocycles. The fraction of sp³-hybridized carbons (Fsp3) is 0.241. The number of hydrogen-bond donors (Lipinski definition) is 0. The quantitative estimate of drug-likeness (QED) is 0.342. The summed E-state index contributed by atoms with van der Waals surface area (Å²) in [6.45, 7) is 0.441. The first-order valence-corrected chi connectivity index (χ1v) is 12.8. The lowest BCUT2D eigenvalue weighted by atomic mass is 9.94. The van der Waals surface area contributed by atoms with E-state index in [1.807, 2.05) is 60.7 Å². The summed E-state index contributed by atoms with van der Waals surface area (Å²) in [6, 6.07) is 24.2. The van der Waals surface area contributed by atoms with E-state index in [4.69, 9.17) is 4.74 Å². The Morgan fingerprint density at radius 2 is 1.66 bits per heavy atom. The molecule has 0 unspecified atom stereocenters. The minimum atomic E-state index is -0.395. The molecule has 35 heavy (non-hydrogen) atoms. The third kappa shape index (κ3) is 5.49. The molecule has 3 aromatic rings. The zero-order valence-electron chi connectivity index (χ0n) is 19.4. The van der Waals surface area contributed by atoms with Gasteiger partial charge >= 0.3 is 0 Å². The number of amidine groups is 1. The Balaban J connectivity index is 1.45. The lowest BCUT2D eigenvalue weighted by Crippen LogP contribution is -2.40. The number of para-hydroxylation sites is 2. The van der Waals surface area contributed by atoms with Crippen molar-refractivity contribution in [2.75, 3.05) is 0 Å². The molecule has 0 radical (unpaired) electrons. The molecule has 4 nitrogen and oxygen atoms in total. The van der Waals surface area contributed by atoms with Crippen LogP contribution >= 0.6 is 11.8 Å². The molecule has 2 fully saturated rings. The van der Waals surface area contributed by atoms with E-state index in [-0.39, 0.29) is 17.6 Å². The summed E-state index contributed by atoms with van der Waals surface area (Å²) < 4.78 is 20.5. The summed E-state index contributed by atoms with van der Waals surface area (Å²) in [5.74, 6) is 0.240. The number of ether oxygens (including phenoxy) is 1. The SMILES string of the molecule is O=C1/C(=C/c2ccccc2OCc2ccccc2)SC(=Nc2ccccc2F)N1C1CCCCC1. The maximum atomic E-state index is 14.4. The molecule has 1 saturated carbocycles. The number of benzene rings is 3. The fourth-order valence-corrected chi connectivity index (χ4v) is 5.52. The van der Waals surface area contributed by atoms with E-state index in [0.29, 0.717) is 22.4 Å². The molecule has 5 rings (SSSR count). The van der Waals surface area contributed by atoms with E-state index >= 15 is 0 Å². The van der Waals surface area contributed by atoms with E-state index in [0.717, 1.165) is 36.8 Å². The van der Waals surface area contributed by atoms with Gasteiger partial charge in [0, 0.05) is 11.6 Å². The van der Waals surface area contributed by atoms with Crippen molar-refractivity contribution < 1.29 is 13.9 Å². The zero-order chi connectivity index (χ0) is 24.0. The van der Waals surface area contributed by atoms with Gasteiger partial charge in [-0.25, -0.2) is 9.38 Å². The van der Waals surface area contributed by atoms with Gasteiger partial charge in [-0.3, -0.25) is 9.69 Å². The first-order valence-electron chi connectivity index (χ1n) is 12.0. The highest BCUT2D eigenvalue weighted by molar-refractivity contribution is 8.18. The van der Waals surface area contributed by atoms with Crippen LogP contribution in [0.3, 0.4) is 0 Å². The number of nitrogens with zero attached hydrogens (tertiary/aromatic N) is 2.